The van der Waals surface area contributed by atoms with E-state index >= 15 is 0 Å². The fraction of sp³-hybridized carbons (Fsp3) is 0.222. The highest BCUT2D eigenvalue weighted by Gasteiger charge is 2.23. The summed E-state index contributed by atoms with van der Waals surface area (Å²) in [6.07, 6.45) is 0.783. The lowest BCUT2D eigenvalue weighted by Crippen LogP contribution is -2.22. The van der Waals surface area contributed by atoms with Gasteiger partial charge in [-0.05, 0) is 74.4 Å². The third-order valence-electron chi connectivity index (χ3n) is 5.89. The summed E-state index contributed by atoms with van der Waals surface area (Å²) in [4.78, 5) is 29.3. The van der Waals surface area contributed by atoms with Crippen LogP contribution in [0.4, 0.5) is 0 Å². The lowest BCUT2D eigenvalue weighted by atomic mass is 9.99. The average Bonchev–Trinajstić information content (AvgIpc) is 3.11. The Labute approximate surface area is 197 Å². The molecule has 4 aromatic rings. The van der Waals surface area contributed by atoms with Gasteiger partial charge in [0.15, 0.2) is 11.9 Å². The summed E-state index contributed by atoms with van der Waals surface area (Å²) in [6.45, 7) is 5.83. The molecule has 2 aromatic heterocycles. The third-order valence-corrected chi connectivity index (χ3v) is 5.89. The van der Waals surface area contributed by atoms with Crippen molar-refractivity contribution in [2.45, 2.75) is 33.4 Å². The van der Waals surface area contributed by atoms with E-state index in [0.717, 1.165) is 27.9 Å². The second-order valence-corrected chi connectivity index (χ2v) is 8.18. The van der Waals surface area contributed by atoms with Crippen LogP contribution in [0.15, 0.2) is 60.8 Å². The van der Waals surface area contributed by atoms with Gasteiger partial charge >= 0.3 is 5.97 Å². The van der Waals surface area contributed by atoms with E-state index in [1.807, 2.05) is 42.7 Å². The Hall–Kier alpha value is -4.13. The number of nitrogens with zero attached hydrogens (tertiary/aromatic N) is 2. The summed E-state index contributed by atoms with van der Waals surface area (Å²) < 4.78 is 12.8. The van der Waals surface area contributed by atoms with Gasteiger partial charge in [0.05, 0.1) is 12.7 Å². The minimum atomic E-state index is -1.03. The van der Waals surface area contributed by atoms with Gasteiger partial charge in [-0.1, -0.05) is 12.1 Å². The van der Waals surface area contributed by atoms with E-state index in [-0.39, 0.29) is 5.78 Å². The number of carbonyl (C=O) groups is 2. The van der Waals surface area contributed by atoms with Gasteiger partial charge in [-0.3, -0.25) is 4.79 Å². The predicted molar refractivity (Wildman–Crippen MR) is 129 cm³/mol. The summed E-state index contributed by atoms with van der Waals surface area (Å²) in [5.41, 5.74) is 4.60. The fourth-order valence-electron chi connectivity index (χ4n) is 4.04. The molecule has 4 rings (SSSR count). The molecule has 0 spiro atoms. The quantitative estimate of drug-likeness (QED) is 0.382. The highest BCUT2D eigenvalue weighted by atomic mass is 16.5. The van der Waals surface area contributed by atoms with Gasteiger partial charge in [0.1, 0.15) is 17.1 Å². The maximum atomic E-state index is 13.6. The van der Waals surface area contributed by atoms with Gasteiger partial charge in [0.25, 0.3) is 0 Å². The Morgan fingerprint density at radius 1 is 1.06 bits per heavy atom. The maximum absolute atomic E-state index is 13.6. The molecule has 0 aliphatic carbocycles. The number of benzene rings is 2. The summed E-state index contributed by atoms with van der Waals surface area (Å²) in [5.74, 6) is 0.0550. The monoisotopic (exact) mass is 458 g/mol. The summed E-state index contributed by atoms with van der Waals surface area (Å²) >= 11 is 0. The van der Waals surface area contributed by atoms with Crippen molar-refractivity contribution in [1.82, 2.24) is 9.55 Å². The number of carboxylic acid groups (broad SMARTS) is 1. The van der Waals surface area contributed by atoms with Crippen molar-refractivity contribution in [3.63, 3.8) is 0 Å². The number of ketones is 1. The van der Waals surface area contributed by atoms with Crippen LogP contribution in [0.3, 0.4) is 0 Å². The summed E-state index contributed by atoms with van der Waals surface area (Å²) in [6, 6.07) is 16.3. The molecule has 2 aromatic carbocycles. The van der Waals surface area contributed by atoms with Crippen LogP contribution < -0.4 is 9.47 Å². The second-order valence-electron chi connectivity index (χ2n) is 8.18. The molecule has 0 unspecified atom stereocenters. The number of aromatic nitrogens is 2. The molecule has 0 saturated heterocycles. The lowest BCUT2D eigenvalue weighted by molar-refractivity contribution is -0.144. The van der Waals surface area contributed by atoms with Gasteiger partial charge < -0.3 is 19.1 Å². The van der Waals surface area contributed by atoms with Crippen molar-refractivity contribution >= 4 is 22.8 Å². The molecule has 7 nitrogen and oxygen atoms in total. The molecule has 0 bridgehead atoms. The summed E-state index contributed by atoms with van der Waals surface area (Å²) in [7, 11) is 1.59. The topological polar surface area (TPSA) is 90.7 Å². The Bertz CT molecular complexity index is 1370. The van der Waals surface area contributed by atoms with Crippen LogP contribution in [0, 0.1) is 13.8 Å². The molecule has 0 aliphatic heterocycles. The van der Waals surface area contributed by atoms with Crippen LogP contribution in [-0.4, -0.2) is 39.6 Å². The molecule has 7 heteroatoms. The lowest BCUT2D eigenvalue weighted by Gasteiger charge is -2.13. The smallest absolute Gasteiger partial charge is 0.344 e. The summed E-state index contributed by atoms with van der Waals surface area (Å²) in [5, 5.41) is 9.96. The number of carbonyl (C=O) groups excluding carboxylic acids is 1. The first-order valence-corrected chi connectivity index (χ1v) is 10.9. The molecular formula is C27H26N2O5. The number of rotatable bonds is 8. The van der Waals surface area contributed by atoms with Crippen molar-refractivity contribution in [3.05, 3.63) is 88.7 Å². The Kier molecular flexibility index (Phi) is 6.36. The molecule has 34 heavy (non-hydrogen) atoms. The first-order chi connectivity index (χ1) is 16.3. The Balaban J connectivity index is 1.76. The van der Waals surface area contributed by atoms with E-state index in [2.05, 4.69) is 4.98 Å². The van der Waals surface area contributed by atoms with Crippen molar-refractivity contribution in [3.8, 4) is 11.5 Å². The first kappa shape index (κ1) is 23.0. The van der Waals surface area contributed by atoms with Crippen LogP contribution in [0.5, 0.6) is 11.5 Å². The largest absolute Gasteiger partial charge is 0.497 e. The molecule has 1 atom stereocenters. The molecule has 0 radical (unpaired) electrons. The number of carboxylic acids is 1. The van der Waals surface area contributed by atoms with E-state index in [1.54, 1.807) is 43.6 Å². The normalized spacial score (nSPS) is 11.9. The zero-order chi connectivity index (χ0) is 24.4. The fourth-order valence-corrected chi connectivity index (χ4v) is 4.04. The van der Waals surface area contributed by atoms with Gasteiger partial charge in [0, 0.05) is 29.4 Å². The van der Waals surface area contributed by atoms with Crippen molar-refractivity contribution in [1.29, 1.82) is 0 Å². The highest BCUT2D eigenvalue weighted by Crippen LogP contribution is 2.31. The van der Waals surface area contributed by atoms with Crippen molar-refractivity contribution in [2.24, 2.45) is 0 Å². The Morgan fingerprint density at radius 3 is 2.47 bits per heavy atom. The molecule has 174 valence electrons. The number of ether oxygens (including phenoxy) is 2. The third kappa shape index (κ3) is 4.37. The van der Waals surface area contributed by atoms with Crippen LogP contribution >= 0.6 is 0 Å². The minimum Gasteiger partial charge on any atom is -0.497 e. The van der Waals surface area contributed by atoms with Crippen LogP contribution in [-0.2, 0) is 11.3 Å². The Morgan fingerprint density at radius 2 is 1.79 bits per heavy atom. The van der Waals surface area contributed by atoms with Gasteiger partial charge in [-0.2, -0.15) is 0 Å². The van der Waals surface area contributed by atoms with Gasteiger partial charge in [-0.15, -0.1) is 0 Å². The molecule has 0 aliphatic rings. The number of methoxy groups -OCH3 is 1. The van der Waals surface area contributed by atoms with E-state index in [9.17, 15) is 9.59 Å². The molecule has 0 amide bonds. The van der Waals surface area contributed by atoms with Gasteiger partial charge in [-0.25, -0.2) is 9.78 Å². The van der Waals surface area contributed by atoms with Crippen molar-refractivity contribution < 1.29 is 24.2 Å². The molecule has 0 fully saturated rings. The zero-order valence-electron chi connectivity index (χ0n) is 19.5. The number of hydrogen-bond acceptors (Lipinski definition) is 5. The van der Waals surface area contributed by atoms with Crippen LogP contribution in [0.2, 0.25) is 0 Å². The number of fused-ring (bicyclic) bond motifs is 1. The van der Waals surface area contributed by atoms with E-state index in [0.29, 0.717) is 29.2 Å². The number of aliphatic carboxylic acids is 1. The predicted octanol–water partition coefficient (Wildman–Crippen LogP) is 4.79. The average molecular weight is 459 g/mol. The minimum absolute atomic E-state index is 0.0765. The molecule has 1 N–H and O–H groups in total. The second kappa shape index (κ2) is 9.39. The van der Waals surface area contributed by atoms with Gasteiger partial charge in [0.2, 0.25) is 0 Å². The maximum Gasteiger partial charge on any atom is 0.344 e. The highest BCUT2D eigenvalue weighted by molar-refractivity contribution is 6.17. The zero-order valence-corrected chi connectivity index (χ0v) is 19.5. The van der Waals surface area contributed by atoms with Crippen molar-refractivity contribution in [2.75, 3.05) is 7.11 Å². The molecule has 2 heterocycles. The number of hydrogen-bond donors (Lipinski definition) is 1. The molecular weight excluding hydrogens is 432 g/mol. The van der Waals surface area contributed by atoms with E-state index < -0.39 is 12.1 Å². The molecule has 0 saturated carbocycles. The standard InChI is InChI=1S/C27H26N2O5/c1-16-12-13-28-26-23(16)24(25(30)20-8-10-21(33-4)11-9-20)17(2)29(26)15-19-6-5-7-22(14-19)34-18(3)27(31)32/h5-14,18H,15H2,1-4H3,(H,31,32)/t18-/m0/s1. The first-order valence-electron chi connectivity index (χ1n) is 10.9. The number of pyridine rings is 1. The van der Waals surface area contributed by atoms with E-state index in [4.69, 9.17) is 14.6 Å². The van der Waals surface area contributed by atoms with Crippen LogP contribution in [0.25, 0.3) is 11.0 Å². The van der Waals surface area contributed by atoms with E-state index in [1.165, 1.54) is 6.92 Å². The number of aryl methyl sites for hydroxylation is 1. The SMILES string of the molecule is COc1ccc(C(=O)c2c(C)n(Cc3cccc(O[C@@H](C)C(=O)O)c3)c3nccc(C)c23)cc1. The van der Waals surface area contributed by atoms with Crippen LogP contribution in [0.1, 0.15) is 39.7 Å².